The van der Waals surface area contributed by atoms with Crippen LogP contribution in [-0.2, 0) is 0 Å². The Balaban J connectivity index is 3.17. The number of hydrogen-bond acceptors (Lipinski definition) is 0. The summed E-state index contributed by atoms with van der Waals surface area (Å²) in [7, 11) is 0. The average Bonchev–Trinajstić information content (AvgIpc) is 1.35. The van der Waals surface area contributed by atoms with Crippen molar-refractivity contribution < 1.29 is 0 Å². The molecular formula is C3H4I3. The van der Waals surface area contributed by atoms with Crippen LogP contribution in [0.5, 0.6) is 0 Å². The maximum Gasteiger partial charge on any atom is 0.0834 e. The minimum Gasteiger partial charge on any atom is -0.0791 e. The minimum absolute atomic E-state index is 0.343. The fourth-order valence-electron chi connectivity index (χ4n) is 0. The molecule has 0 amide bonds. The van der Waals surface area contributed by atoms with Gasteiger partial charge in [-0.2, -0.15) is 0 Å². The van der Waals surface area contributed by atoms with Gasteiger partial charge in [-0.25, -0.2) is 0 Å². The van der Waals surface area contributed by atoms with Gasteiger partial charge in [0, 0.05) is 4.43 Å². The molecule has 0 saturated heterocycles. The molecule has 0 heterocycles. The van der Waals surface area contributed by atoms with E-state index in [0.717, 1.165) is 0 Å². The summed E-state index contributed by atoms with van der Waals surface area (Å²) in [5, 5.41) is 0. The number of alkyl halides is 2. The predicted molar refractivity (Wildman–Crippen MR) is 54.8 cm³/mol. The number of halogens is 3. The summed E-state index contributed by atoms with van der Waals surface area (Å²) in [5.74, 6) is 0. The summed E-state index contributed by atoms with van der Waals surface area (Å²) in [6.45, 7) is 2.15. The lowest BCUT2D eigenvalue weighted by molar-refractivity contribution is 1.25. The van der Waals surface area contributed by atoms with E-state index in [1.807, 2.05) is 0 Å². The molecule has 0 bridgehead atoms. The maximum absolute atomic E-state index is 2.36. The van der Waals surface area contributed by atoms with E-state index in [9.17, 15) is 0 Å². The van der Waals surface area contributed by atoms with Gasteiger partial charge < -0.3 is 0 Å². The third kappa shape index (κ3) is 6.19. The van der Waals surface area contributed by atoms with Gasteiger partial charge in [-0.05, 0) is 6.92 Å². The lowest BCUT2D eigenvalue weighted by Crippen LogP contribution is -1.97. The van der Waals surface area contributed by atoms with E-state index in [2.05, 4.69) is 79.1 Å². The van der Waals surface area contributed by atoms with E-state index in [-0.39, 0.29) is 0 Å². The summed E-state index contributed by atoms with van der Waals surface area (Å²) >= 11 is 6.98. The van der Waals surface area contributed by atoms with E-state index in [1.54, 1.807) is 0 Å². The second-order valence-corrected chi connectivity index (χ2v) is 8.23. The molecule has 0 atom stereocenters. The molecule has 0 aromatic rings. The van der Waals surface area contributed by atoms with Crippen LogP contribution in [0.2, 0.25) is 0 Å². The van der Waals surface area contributed by atoms with Crippen LogP contribution in [0.1, 0.15) is 6.92 Å². The molecule has 3 heteroatoms. The highest BCUT2D eigenvalue weighted by atomic mass is 127. The van der Waals surface area contributed by atoms with Gasteiger partial charge in [-0.1, -0.05) is 67.8 Å². The van der Waals surface area contributed by atoms with Gasteiger partial charge in [0.1, 0.15) is 0 Å². The first-order valence-electron chi connectivity index (χ1n) is 1.38. The van der Waals surface area contributed by atoms with Crippen molar-refractivity contribution in [3.8, 4) is 0 Å². The minimum atomic E-state index is 0.343. The highest BCUT2D eigenvalue weighted by molar-refractivity contribution is 14.2. The second-order valence-electron chi connectivity index (χ2n) is 1.07. The van der Waals surface area contributed by atoms with Crippen LogP contribution in [0, 0.1) is 4.43 Å². The molecule has 0 spiro atoms. The lowest BCUT2D eigenvalue weighted by atomic mass is 10.6. The topological polar surface area (TPSA) is 0 Å². The van der Waals surface area contributed by atoms with Crippen LogP contribution in [0.25, 0.3) is 0 Å². The van der Waals surface area contributed by atoms with Crippen molar-refractivity contribution in [3.63, 3.8) is 0 Å². The fourth-order valence-corrected chi connectivity index (χ4v) is 0. The van der Waals surface area contributed by atoms with Gasteiger partial charge in [0.15, 0.2) is 0 Å². The molecule has 0 N–H and O–H groups in total. The van der Waals surface area contributed by atoms with Crippen LogP contribution in [-0.4, -0.2) is 1.43 Å². The Hall–Kier alpha value is 2.19. The average molecular weight is 421 g/mol. The van der Waals surface area contributed by atoms with Crippen LogP contribution in [0.3, 0.4) is 0 Å². The number of hydrogen-bond donors (Lipinski definition) is 0. The molecule has 37 valence electrons. The van der Waals surface area contributed by atoms with Crippen LogP contribution in [0.4, 0.5) is 0 Å². The van der Waals surface area contributed by atoms with Gasteiger partial charge >= 0.3 is 0 Å². The molecule has 0 nitrogen and oxygen atoms in total. The van der Waals surface area contributed by atoms with Gasteiger partial charge in [0.2, 0.25) is 0 Å². The van der Waals surface area contributed by atoms with E-state index < -0.39 is 0 Å². The molecule has 0 aromatic heterocycles. The highest BCUT2D eigenvalue weighted by Gasteiger charge is 2.10. The largest absolute Gasteiger partial charge is 0.0834 e. The Morgan fingerprint density at radius 2 is 1.67 bits per heavy atom. The molecule has 0 aliphatic rings. The SMILES string of the molecule is CC(I)(I)[CH]I. The molecule has 0 rings (SSSR count). The Morgan fingerprint density at radius 3 is 1.67 bits per heavy atom. The van der Waals surface area contributed by atoms with Crippen LogP contribution < -0.4 is 0 Å². The highest BCUT2D eigenvalue weighted by Crippen LogP contribution is 2.31. The van der Waals surface area contributed by atoms with E-state index in [0.29, 0.717) is 1.43 Å². The molecule has 6 heavy (non-hydrogen) atoms. The first-order chi connectivity index (χ1) is 2.56. The summed E-state index contributed by atoms with van der Waals surface area (Å²) in [5.41, 5.74) is 0. The fraction of sp³-hybridized carbons (Fsp3) is 0.667. The molecule has 1 radical (unpaired) electrons. The standard InChI is InChI=1S/C3H4I3/c1-3(5,6)2-4/h2H,1H3. The molecule has 0 aliphatic carbocycles. The second kappa shape index (κ2) is 3.26. The Bertz CT molecular complexity index is 35.8. The molecule has 0 fully saturated rings. The summed E-state index contributed by atoms with van der Waals surface area (Å²) < 4.78 is 2.47. The lowest BCUT2D eigenvalue weighted by Gasteiger charge is -2.05. The van der Waals surface area contributed by atoms with Crippen LogP contribution in [0.15, 0.2) is 0 Å². The molecular weight excluding hydrogens is 417 g/mol. The quantitative estimate of drug-likeness (QED) is 0.451. The zero-order valence-corrected chi connectivity index (χ0v) is 9.68. The van der Waals surface area contributed by atoms with Gasteiger partial charge in [-0.15, -0.1) is 0 Å². The normalized spacial score (nSPS) is 12.0. The summed E-state index contributed by atoms with van der Waals surface area (Å²) in [4.78, 5) is 0. The smallest absolute Gasteiger partial charge is 0.0791 e. The molecule has 0 aliphatic heterocycles. The van der Waals surface area contributed by atoms with Crippen molar-refractivity contribution in [1.29, 1.82) is 0 Å². The van der Waals surface area contributed by atoms with Crippen molar-refractivity contribution in [2.24, 2.45) is 0 Å². The Labute approximate surface area is 79.3 Å². The summed E-state index contributed by atoms with van der Waals surface area (Å²) in [6, 6.07) is 0. The van der Waals surface area contributed by atoms with Gasteiger partial charge in [-0.3, -0.25) is 0 Å². The predicted octanol–water partition coefficient (Wildman–Crippen LogP) is 3.17. The molecule has 0 aromatic carbocycles. The van der Waals surface area contributed by atoms with Crippen LogP contribution >= 0.6 is 67.8 Å². The van der Waals surface area contributed by atoms with Crippen molar-refractivity contribution >= 4 is 67.8 Å². The zero-order valence-electron chi connectivity index (χ0n) is 3.21. The number of rotatable bonds is 1. The molecule has 0 unspecified atom stereocenters. The van der Waals surface area contributed by atoms with Gasteiger partial charge in [0.05, 0.1) is 1.43 Å². The summed E-state index contributed by atoms with van der Waals surface area (Å²) in [6.07, 6.45) is 0. The monoisotopic (exact) mass is 421 g/mol. The first-order valence-corrected chi connectivity index (χ1v) is 4.79. The Kier molecular flexibility index (Phi) is 4.45. The van der Waals surface area contributed by atoms with Crippen molar-refractivity contribution in [2.75, 3.05) is 0 Å². The first kappa shape index (κ1) is 8.19. The van der Waals surface area contributed by atoms with Crippen molar-refractivity contribution in [1.82, 2.24) is 0 Å². The maximum atomic E-state index is 2.36. The van der Waals surface area contributed by atoms with E-state index in [4.69, 9.17) is 0 Å². The third-order valence-electron chi connectivity index (χ3n) is 0.192. The Morgan fingerprint density at radius 1 is 1.50 bits per heavy atom. The third-order valence-corrected chi connectivity index (χ3v) is 4.44. The van der Waals surface area contributed by atoms with E-state index >= 15 is 0 Å². The van der Waals surface area contributed by atoms with Crippen molar-refractivity contribution in [3.05, 3.63) is 4.43 Å². The van der Waals surface area contributed by atoms with E-state index in [1.165, 1.54) is 0 Å². The van der Waals surface area contributed by atoms with Crippen molar-refractivity contribution in [2.45, 2.75) is 8.35 Å². The zero-order chi connectivity index (χ0) is 5.21. The van der Waals surface area contributed by atoms with Gasteiger partial charge in [0.25, 0.3) is 0 Å². The molecule has 0 saturated carbocycles.